The Morgan fingerprint density at radius 1 is 1.46 bits per heavy atom. The second-order valence-electron chi connectivity index (χ2n) is 5.83. The zero-order valence-electron chi connectivity index (χ0n) is 14.1. The van der Waals surface area contributed by atoms with Crippen molar-refractivity contribution < 1.29 is 9.53 Å². The first-order valence-corrected chi connectivity index (χ1v) is 8.00. The monoisotopic (exact) mass is 331 g/mol. The van der Waals surface area contributed by atoms with Crippen LogP contribution in [-0.4, -0.2) is 50.3 Å². The molecule has 1 atom stereocenters. The van der Waals surface area contributed by atoms with Gasteiger partial charge in [0.15, 0.2) is 0 Å². The van der Waals surface area contributed by atoms with Crippen molar-refractivity contribution >= 4 is 5.91 Å². The molecule has 0 saturated carbocycles. The molecule has 1 N–H and O–H groups in total. The molecule has 24 heavy (non-hydrogen) atoms. The number of morpholine rings is 1. The van der Waals surface area contributed by atoms with Gasteiger partial charge in [0.25, 0.3) is 11.5 Å². The maximum atomic E-state index is 13.0. The number of nitrogens with zero attached hydrogens (tertiary/aromatic N) is 4. The van der Waals surface area contributed by atoms with Gasteiger partial charge in [0.05, 0.1) is 36.2 Å². The number of carbonyl (C=O) groups is 1. The highest BCUT2D eigenvalue weighted by atomic mass is 16.5. The van der Waals surface area contributed by atoms with E-state index in [1.54, 1.807) is 22.7 Å². The standard InChI is InChI=1S/C16H21N5O3/c1-4-20-8-12(10(2)19-20)16(23)21-5-6-24-9-14(21)13-7-15(22)18-11(3)17-13/h7-8,14H,4-6,9H2,1-3H3,(H,17,18,22)/t14-/m0/s1. The lowest BCUT2D eigenvalue weighted by Crippen LogP contribution is -2.44. The first-order chi connectivity index (χ1) is 11.5. The van der Waals surface area contributed by atoms with Gasteiger partial charge >= 0.3 is 0 Å². The van der Waals surface area contributed by atoms with Crippen molar-refractivity contribution in [2.75, 3.05) is 19.8 Å². The van der Waals surface area contributed by atoms with Gasteiger partial charge < -0.3 is 14.6 Å². The molecule has 1 aliphatic rings. The molecule has 8 heteroatoms. The molecule has 3 rings (SSSR count). The SMILES string of the molecule is CCn1cc(C(=O)N2CCOC[C@H]2c2cc(=O)[nH]c(C)n2)c(C)n1. The van der Waals surface area contributed by atoms with Crippen LogP contribution in [0.4, 0.5) is 0 Å². The molecule has 0 aromatic carbocycles. The molecule has 0 radical (unpaired) electrons. The zero-order valence-corrected chi connectivity index (χ0v) is 14.1. The van der Waals surface area contributed by atoms with Gasteiger partial charge in [-0.2, -0.15) is 5.10 Å². The van der Waals surface area contributed by atoms with Gasteiger partial charge in [-0.25, -0.2) is 4.98 Å². The Kier molecular flexibility index (Phi) is 4.48. The van der Waals surface area contributed by atoms with Crippen molar-refractivity contribution in [3.8, 4) is 0 Å². The number of rotatable bonds is 3. The van der Waals surface area contributed by atoms with Gasteiger partial charge in [0, 0.05) is 25.4 Å². The summed E-state index contributed by atoms with van der Waals surface area (Å²) in [6, 6.07) is 1.05. The van der Waals surface area contributed by atoms with E-state index in [9.17, 15) is 9.59 Å². The topological polar surface area (TPSA) is 93.1 Å². The highest BCUT2D eigenvalue weighted by Crippen LogP contribution is 2.24. The number of ether oxygens (including phenoxy) is 1. The van der Waals surface area contributed by atoms with Crippen LogP contribution in [-0.2, 0) is 11.3 Å². The lowest BCUT2D eigenvalue weighted by molar-refractivity contribution is -0.00405. The minimum atomic E-state index is -0.378. The van der Waals surface area contributed by atoms with Crippen LogP contribution in [0.2, 0.25) is 0 Å². The number of aryl methyl sites for hydroxylation is 3. The average Bonchev–Trinajstić information content (AvgIpc) is 2.94. The maximum absolute atomic E-state index is 13.0. The average molecular weight is 331 g/mol. The van der Waals surface area contributed by atoms with Crippen LogP contribution < -0.4 is 5.56 Å². The Bertz CT molecular complexity index is 810. The first kappa shape index (κ1) is 16.4. The summed E-state index contributed by atoms with van der Waals surface area (Å²) in [5.41, 5.74) is 1.59. The molecule has 2 aromatic rings. The molecule has 128 valence electrons. The van der Waals surface area contributed by atoms with Crippen LogP contribution in [0.5, 0.6) is 0 Å². The van der Waals surface area contributed by atoms with Crippen molar-refractivity contribution in [2.45, 2.75) is 33.4 Å². The number of aromatic amines is 1. The fourth-order valence-corrected chi connectivity index (χ4v) is 2.91. The van der Waals surface area contributed by atoms with Crippen LogP contribution in [0, 0.1) is 13.8 Å². The number of amides is 1. The molecule has 1 aliphatic heterocycles. The molecular formula is C16H21N5O3. The highest BCUT2D eigenvalue weighted by Gasteiger charge is 2.32. The summed E-state index contributed by atoms with van der Waals surface area (Å²) in [5.74, 6) is 0.408. The molecule has 3 heterocycles. The molecule has 1 saturated heterocycles. The molecule has 0 spiro atoms. The van der Waals surface area contributed by atoms with Crippen LogP contribution in [0.3, 0.4) is 0 Å². The molecular weight excluding hydrogens is 310 g/mol. The van der Waals surface area contributed by atoms with Crippen molar-refractivity contribution in [1.82, 2.24) is 24.6 Å². The summed E-state index contributed by atoms with van der Waals surface area (Å²) in [6.45, 7) is 7.46. The van der Waals surface area contributed by atoms with E-state index < -0.39 is 0 Å². The third-order valence-corrected chi connectivity index (χ3v) is 4.11. The molecule has 1 amide bonds. The summed E-state index contributed by atoms with van der Waals surface area (Å²) in [6.07, 6.45) is 1.76. The summed E-state index contributed by atoms with van der Waals surface area (Å²) >= 11 is 0. The van der Waals surface area contributed by atoms with E-state index in [0.717, 1.165) is 0 Å². The molecule has 1 fully saturated rings. The predicted molar refractivity (Wildman–Crippen MR) is 86.8 cm³/mol. The van der Waals surface area contributed by atoms with Gasteiger partial charge in [0.2, 0.25) is 0 Å². The molecule has 0 unspecified atom stereocenters. The number of hydrogen-bond donors (Lipinski definition) is 1. The number of aromatic nitrogens is 4. The van der Waals surface area contributed by atoms with Gasteiger partial charge in [-0.3, -0.25) is 14.3 Å². The van der Waals surface area contributed by atoms with Crippen molar-refractivity contribution in [1.29, 1.82) is 0 Å². The molecule has 2 aromatic heterocycles. The lowest BCUT2D eigenvalue weighted by atomic mass is 10.1. The Morgan fingerprint density at radius 3 is 2.92 bits per heavy atom. The normalized spacial score (nSPS) is 18.0. The second kappa shape index (κ2) is 6.56. The molecule has 0 aliphatic carbocycles. The fraction of sp³-hybridized carbons (Fsp3) is 0.500. The summed E-state index contributed by atoms with van der Waals surface area (Å²) in [5, 5.41) is 4.34. The smallest absolute Gasteiger partial charge is 0.258 e. The van der Waals surface area contributed by atoms with Crippen molar-refractivity contribution in [3.63, 3.8) is 0 Å². The second-order valence-corrected chi connectivity index (χ2v) is 5.83. The van der Waals surface area contributed by atoms with Crippen LogP contribution >= 0.6 is 0 Å². The number of nitrogens with one attached hydrogen (secondary N) is 1. The van der Waals surface area contributed by atoms with E-state index in [1.165, 1.54) is 6.07 Å². The third kappa shape index (κ3) is 3.09. The summed E-state index contributed by atoms with van der Waals surface area (Å²) in [4.78, 5) is 33.5. The van der Waals surface area contributed by atoms with Crippen LogP contribution in [0.15, 0.2) is 17.1 Å². The number of H-pyrrole nitrogens is 1. The Morgan fingerprint density at radius 2 is 2.25 bits per heavy atom. The number of hydrogen-bond acceptors (Lipinski definition) is 5. The number of carbonyl (C=O) groups excluding carboxylic acids is 1. The summed E-state index contributed by atoms with van der Waals surface area (Å²) in [7, 11) is 0. The van der Waals surface area contributed by atoms with Crippen molar-refractivity contribution in [3.05, 3.63) is 45.4 Å². The fourth-order valence-electron chi connectivity index (χ4n) is 2.91. The van der Waals surface area contributed by atoms with E-state index in [2.05, 4.69) is 15.1 Å². The lowest BCUT2D eigenvalue weighted by Gasteiger charge is -2.35. The van der Waals surface area contributed by atoms with Crippen molar-refractivity contribution in [2.24, 2.45) is 0 Å². The van der Waals surface area contributed by atoms with Crippen LogP contribution in [0.25, 0.3) is 0 Å². The van der Waals surface area contributed by atoms with Gasteiger partial charge in [0.1, 0.15) is 5.82 Å². The Hall–Kier alpha value is -2.48. The minimum Gasteiger partial charge on any atom is -0.377 e. The summed E-state index contributed by atoms with van der Waals surface area (Å²) < 4.78 is 7.27. The Balaban J connectivity index is 1.95. The van der Waals surface area contributed by atoms with E-state index in [4.69, 9.17) is 4.74 Å². The van der Waals surface area contributed by atoms with Crippen LogP contribution in [0.1, 0.15) is 40.5 Å². The van der Waals surface area contributed by atoms with E-state index >= 15 is 0 Å². The predicted octanol–water partition coefficient (Wildman–Crippen LogP) is 0.817. The largest absolute Gasteiger partial charge is 0.377 e. The van der Waals surface area contributed by atoms with E-state index in [1.807, 2.05) is 13.8 Å². The maximum Gasteiger partial charge on any atom is 0.258 e. The van der Waals surface area contributed by atoms with Gasteiger partial charge in [-0.05, 0) is 20.8 Å². The third-order valence-electron chi connectivity index (χ3n) is 4.11. The van der Waals surface area contributed by atoms with E-state index in [0.29, 0.717) is 49.1 Å². The molecule has 0 bridgehead atoms. The molecule has 8 nitrogen and oxygen atoms in total. The highest BCUT2D eigenvalue weighted by molar-refractivity contribution is 5.95. The van der Waals surface area contributed by atoms with E-state index in [-0.39, 0.29) is 17.5 Å². The minimum absolute atomic E-state index is 0.111. The van der Waals surface area contributed by atoms with Gasteiger partial charge in [-0.15, -0.1) is 0 Å². The zero-order chi connectivity index (χ0) is 17.3. The Labute approximate surface area is 139 Å². The first-order valence-electron chi connectivity index (χ1n) is 8.00. The quantitative estimate of drug-likeness (QED) is 0.899. The van der Waals surface area contributed by atoms with Gasteiger partial charge in [-0.1, -0.05) is 0 Å².